The highest BCUT2D eigenvalue weighted by atomic mass is 35.5. The third kappa shape index (κ3) is 4.14. The molecule has 5 heteroatoms. The molecule has 1 aromatic heterocycles. The van der Waals surface area contributed by atoms with E-state index in [1.54, 1.807) is 6.07 Å². The first-order valence-electron chi connectivity index (χ1n) is 5.22. The van der Waals surface area contributed by atoms with Crippen LogP contribution in [0.2, 0.25) is 0 Å². The summed E-state index contributed by atoms with van der Waals surface area (Å²) in [6.07, 6.45) is 2.84. The lowest BCUT2D eigenvalue weighted by atomic mass is 10.0. The number of alkyl halides is 1. The maximum atomic E-state index is 10.4. The number of aromatic nitrogens is 1. The van der Waals surface area contributed by atoms with Gasteiger partial charge in [0.15, 0.2) is 0 Å². The van der Waals surface area contributed by atoms with Crippen LogP contribution in [0.1, 0.15) is 26.0 Å². The third-order valence-corrected chi connectivity index (χ3v) is 2.51. The summed E-state index contributed by atoms with van der Waals surface area (Å²) in [6.45, 7) is 4.22. The SMILES string of the molecule is CC(C)CC(Cl)Cc1ccc([N+](=O)[O-])cn1. The van der Waals surface area contributed by atoms with Crippen LogP contribution in [0.3, 0.4) is 0 Å². The zero-order valence-corrected chi connectivity index (χ0v) is 10.1. The standard InChI is InChI=1S/C11H15ClN2O2/c1-8(2)5-9(12)6-10-3-4-11(7-13-10)14(15)16/h3-4,7-9H,5-6H2,1-2H3. The van der Waals surface area contributed by atoms with Gasteiger partial charge < -0.3 is 0 Å². The third-order valence-electron chi connectivity index (χ3n) is 2.18. The lowest BCUT2D eigenvalue weighted by Crippen LogP contribution is -2.08. The Hall–Kier alpha value is -1.16. The van der Waals surface area contributed by atoms with E-state index in [0.29, 0.717) is 12.3 Å². The van der Waals surface area contributed by atoms with Crippen molar-refractivity contribution in [2.24, 2.45) is 5.92 Å². The van der Waals surface area contributed by atoms with Gasteiger partial charge in [-0.3, -0.25) is 15.1 Å². The molecule has 0 aliphatic rings. The van der Waals surface area contributed by atoms with E-state index >= 15 is 0 Å². The van der Waals surface area contributed by atoms with E-state index in [9.17, 15) is 10.1 Å². The topological polar surface area (TPSA) is 56.0 Å². The summed E-state index contributed by atoms with van der Waals surface area (Å²) < 4.78 is 0. The summed E-state index contributed by atoms with van der Waals surface area (Å²) in [4.78, 5) is 14.0. The zero-order chi connectivity index (χ0) is 12.1. The normalized spacial score (nSPS) is 12.8. The average molecular weight is 243 g/mol. The molecule has 0 amide bonds. The monoisotopic (exact) mass is 242 g/mol. The predicted molar refractivity (Wildman–Crippen MR) is 63.7 cm³/mol. The number of pyridine rings is 1. The van der Waals surface area contributed by atoms with Crippen molar-refractivity contribution in [1.82, 2.24) is 4.98 Å². The van der Waals surface area contributed by atoms with Crippen molar-refractivity contribution >= 4 is 17.3 Å². The molecule has 0 fully saturated rings. The molecule has 1 rings (SSSR count). The Kier molecular flexibility index (Phi) is 4.68. The lowest BCUT2D eigenvalue weighted by molar-refractivity contribution is -0.385. The average Bonchev–Trinajstić information content (AvgIpc) is 2.16. The summed E-state index contributed by atoms with van der Waals surface area (Å²) in [5.41, 5.74) is 0.810. The van der Waals surface area contributed by atoms with Crippen molar-refractivity contribution in [2.45, 2.75) is 32.1 Å². The van der Waals surface area contributed by atoms with E-state index in [1.807, 2.05) is 0 Å². The minimum atomic E-state index is -0.455. The molecule has 1 atom stereocenters. The Balaban J connectivity index is 2.58. The van der Waals surface area contributed by atoms with Crippen LogP contribution in [0.15, 0.2) is 18.3 Å². The van der Waals surface area contributed by atoms with Crippen LogP contribution in [-0.2, 0) is 6.42 Å². The van der Waals surface area contributed by atoms with Crippen molar-refractivity contribution in [3.05, 3.63) is 34.1 Å². The van der Waals surface area contributed by atoms with Gasteiger partial charge >= 0.3 is 0 Å². The molecule has 1 heterocycles. The molecule has 1 unspecified atom stereocenters. The van der Waals surface area contributed by atoms with Gasteiger partial charge in [0, 0.05) is 23.6 Å². The Bertz CT molecular complexity index is 352. The Labute approximate surface area is 99.8 Å². The number of hydrogen-bond donors (Lipinski definition) is 0. The molecule has 16 heavy (non-hydrogen) atoms. The Morgan fingerprint density at radius 1 is 1.50 bits per heavy atom. The van der Waals surface area contributed by atoms with Gasteiger partial charge in [0.1, 0.15) is 6.20 Å². The van der Waals surface area contributed by atoms with Crippen LogP contribution in [0, 0.1) is 16.0 Å². The van der Waals surface area contributed by atoms with Crippen molar-refractivity contribution in [3.8, 4) is 0 Å². The molecule has 0 bridgehead atoms. The van der Waals surface area contributed by atoms with E-state index in [2.05, 4.69) is 18.8 Å². The second kappa shape index (κ2) is 5.80. The Morgan fingerprint density at radius 3 is 2.62 bits per heavy atom. The summed E-state index contributed by atoms with van der Waals surface area (Å²) in [7, 11) is 0. The molecule has 0 saturated carbocycles. The fraction of sp³-hybridized carbons (Fsp3) is 0.545. The van der Waals surface area contributed by atoms with Gasteiger partial charge in [-0.2, -0.15) is 0 Å². The van der Waals surface area contributed by atoms with Gasteiger partial charge in [-0.05, 0) is 18.4 Å². The molecule has 0 aromatic carbocycles. The lowest BCUT2D eigenvalue weighted by Gasteiger charge is -2.10. The molecule has 0 saturated heterocycles. The number of rotatable bonds is 5. The number of nitrogens with zero attached hydrogens (tertiary/aromatic N) is 2. The molecule has 0 radical (unpaired) electrons. The minimum absolute atomic E-state index is 0.0127. The van der Waals surface area contributed by atoms with E-state index in [-0.39, 0.29) is 11.1 Å². The summed E-state index contributed by atoms with van der Waals surface area (Å²) in [5.74, 6) is 0.542. The second-order valence-corrected chi connectivity index (χ2v) is 4.81. The fourth-order valence-electron chi connectivity index (χ4n) is 1.47. The summed E-state index contributed by atoms with van der Waals surface area (Å²) in [6, 6.07) is 3.12. The molecule has 0 N–H and O–H groups in total. The van der Waals surface area contributed by atoms with Gasteiger partial charge in [-0.25, -0.2) is 0 Å². The first-order valence-corrected chi connectivity index (χ1v) is 5.66. The van der Waals surface area contributed by atoms with E-state index in [0.717, 1.165) is 12.1 Å². The van der Waals surface area contributed by atoms with Gasteiger partial charge in [-0.1, -0.05) is 13.8 Å². The molecule has 0 aliphatic carbocycles. The highest BCUT2D eigenvalue weighted by molar-refractivity contribution is 6.20. The maximum absolute atomic E-state index is 10.4. The highest BCUT2D eigenvalue weighted by Gasteiger charge is 2.11. The van der Waals surface area contributed by atoms with Crippen LogP contribution >= 0.6 is 11.6 Å². The van der Waals surface area contributed by atoms with Gasteiger partial charge in [0.05, 0.1) is 4.92 Å². The highest BCUT2D eigenvalue weighted by Crippen LogP contribution is 2.16. The summed E-state index contributed by atoms with van der Waals surface area (Å²) in [5, 5.41) is 10.5. The van der Waals surface area contributed by atoms with Gasteiger partial charge in [0.2, 0.25) is 0 Å². The number of hydrogen-bond acceptors (Lipinski definition) is 3. The van der Waals surface area contributed by atoms with Gasteiger partial charge in [0.25, 0.3) is 5.69 Å². The van der Waals surface area contributed by atoms with Crippen molar-refractivity contribution in [3.63, 3.8) is 0 Å². The van der Waals surface area contributed by atoms with E-state index in [4.69, 9.17) is 11.6 Å². The second-order valence-electron chi connectivity index (χ2n) is 4.20. The molecular formula is C11H15ClN2O2. The van der Waals surface area contributed by atoms with Crippen LogP contribution < -0.4 is 0 Å². The first kappa shape index (κ1) is 12.9. The van der Waals surface area contributed by atoms with Crippen molar-refractivity contribution < 1.29 is 4.92 Å². The number of halogens is 1. The fourth-order valence-corrected chi connectivity index (χ4v) is 1.98. The molecular weight excluding hydrogens is 228 g/mol. The quantitative estimate of drug-likeness (QED) is 0.453. The minimum Gasteiger partial charge on any atom is -0.258 e. The van der Waals surface area contributed by atoms with Crippen LogP contribution in [0.5, 0.6) is 0 Å². The smallest absolute Gasteiger partial charge is 0.258 e. The molecule has 1 aromatic rings. The van der Waals surface area contributed by atoms with Crippen molar-refractivity contribution in [2.75, 3.05) is 0 Å². The van der Waals surface area contributed by atoms with Gasteiger partial charge in [-0.15, -0.1) is 11.6 Å². The van der Waals surface area contributed by atoms with E-state index in [1.165, 1.54) is 12.3 Å². The predicted octanol–water partition coefficient (Wildman–Crippen LogP) is 3.19. The van der Waals surface area contributed by atoms with Crippen LogP contribution in [0.4, 0.5) is 5.69 Å². The maximum Gasteiger partial charge on any atom is 0.287 e. The zero-order valence-electron chi connectivity index (χ0n) is 9.39. The first-order chi connectivity index (χ1) is 7.49. The van der Waals surface area contributed by atoms with Crippen LogP contribution in [0.25, 0.3) is 0 Å². The van der Waals surface area contributed by atoms with E-state index < -0.39 is 4.92 Å². The van der Waals surface area contributed by atoms with Crippen LogP contribution in [-0.4, -0.2) is 15.3 Å². The Morgan fingerprint density at radius 2 is 2.19 bits per heavy atom. The largest absolute Gasteiger partial charge is 0.287 e. The number of nitro groups is 1. The molecule has 88 valence electrons. The summed E-state index contributed by atoms with van der Waals surface area (Å²) >= 11 is 6.14. The molecule has 0 aliphatic heterocycles. The molecule has 0 spiro atoms. The molecule has 4 nitrogen and oxygen atoms in total. The van der Waals surface area contributed by atoms with Crippen molar-refractivity contribution in [1.29, 1.82) is 0 Å².